The van der Waals surface area contributed by atoms with Crippen LogP contribution in [0.4, 0.5) is 0 Å². The molecular weight excluding hydrogens is 370 g/mol. The van der Waals surface area contributed by atoms with Gasteiger partial charge in [0, 0.05) is 20.3 Å². The molecule has 2 N–H and O–H groups in total. The highest BCUT2D eigenvalue weighted by molar-refractivity contribution is 5.72. The molecule has 1 aliphatic rings. The molecule has 0 aromatic rings. The van der Waals surface area contributed by atoms with Crippen LogP contribution < -0.4 is 10.6 Å². The van der Waals surface area contributed by atoms with Crippen LogP contribution in [0.1, 0.15) is 118 Å². The van der Waals surface area contributed by atoms with Gasteiger partial charge < -0.3 is 10.6 Å². The monoisotopic (exact) mass is 420 g/mol. The van der Waals surface area contributed by atoms with E-state index in [0.717, 1.165) is 17.4 Å². The molecule has 0 aromatic heterocycles. The van der Waals surface area contributed by atoms with Crippen LogP contribution in [0.3, 0.4) is 0 Å². The fourth-order valence-electron chi connectivity index (χ4n) is 4.69. The van der Waals surface area contributed by atoms with Gasteiger partial charge >= 0.3 is 0 Å². The van der Waals surface area contributed by atoms with Gasteiger partial charge in [0.05, 0.1) is 12.7 Å². The van der Waals surface area contributed by atoms with E-state index in [2.05, 4.69) is 56.0 Å². The summed E-state index contributed by atoms with van der Waals surface area (Å²) in [5, 5.41) is 6.64. The standard InChI is InChI=1S/C26H49N3O/c1-5-7-8-9-10-11-12-13-14-15-16-17-18-19-20-21-26-27-22-23-29(26,6-2)24(3)28-25(4)30/h8-9,22-24,26-27H,5-7,10-21H2,1-4H3/p+1/b9-8+. The molecule has 0 saturated heterocycles. The van der Waals surface area contributed by atoms with Gasteiger partial charge in [-0.3, -0.25) is 9.28 Å². The van der Waals surface area contributed by atoms with Crippen LogP contribution in [0.2, 0.25) is 0 Å². The maximum atomic E-state index is 11.5. The van der Waals surface area contributed by atoms with Crippen molar-refractivity contribution >= 4 is 5.91 Å². The van der Waals surface area contributed by atoms with Crippen LogP contribution in [-0.2, 0) is 4.79 Å². The number of unbranched alkanes of at least 4 members (excludes halogenated alkanes) is 11. The molecule has 0 aliphatic carbocycles. The first-order valence-electron chi connectivity index (χ1n) is 12.8. The third-order valence-corrected chi connectivity index (χ3v) is 6.62. The Kier molecular flexibility index (Phi) is 14.6. The van der Waals surface area contributed by atoms with Crippen molar-refractivity contribution in [1.29, 1.82) is 0 Å². The summed E-state index contributed by atoms with van der Waals surface area (Å²) < 4.78 is 0.813. The highest BCUT2D eigenvalue weighted by Gasteiger charge is 2.41. The van der Waals surface area contributed by atoms with Gasteiger partial charge in [-0.2, -0.15) is 0 Å². The highest BCUT2D eigenvalue weighted by atomic mass is 16.1. The second kappa shape index (κ2) is 16.4. The number of rotatable bonds is 18. The molecule has 1 rings (SSSR count). The topological polar surface area (TPSA) is 41.1 Å². The molecule has 0 fully saturated rings. The van der Waals surface area contributed by atoms with Crippen molar-refractivity contribution in [3.8, 4) is 0 Å². The van der Waals surface area contributed by atoms with E-state index in [-0.39, 0.29) is 12.1 Å². The number of nitrogens with zero attached hydrogens (tertiary/aromatic N) is 1. The Morgan fingerprint density at radius 2 is 1.53 bits per heavy atom. The summed E-state index contributed by atoms with van der Waals surface area (Å²) in [5.41, 5.74) is 0. The van der Waals surface area contributed by atoms with E-state index in [4.69, 9.17) is 0 Å². The largest absolute Gasteiger partial charge is 0.338 e. The minimum atomic E-state index is 0.0521. The molecule has 1 aliphatic heterocycles. The van der Waals surface area contributed by atoms with Crippen LogP contribution in [0.25, 0.3) is 0 Å². The Balaban J connectivity index is 2.04. The number of hydrogen-bond acceptors (Lipinski definition) is 2. The molecule has 0 bridgehead atoms. The van der Waals surface area contributed by atoms with Crippen molar-refractivity contribution in [2.45, 2.75) is 130 Å². The fourth-order valence-corrected chi connectivity index (χ4v) is 4.69. The third-order valence-electron chi connectivity index (χ3n) is 6.62. The SMILES string of the molecule is CCC/C=C/CCCCCCCCCCCCC1NC=C[N+]1(CC)C(C)NC(C)=O. The number of hydrogen-bond donors (Lipinski definition) is 2. The molecule has 0 saturated carbocycles. The Morgan fingerprint density at radius 3 is 2.10 bits per heavy atom. The lowest BCUT2D eigenvalue weighted by Gasteiger charge is -2.41. The van der Waals surface area contributed by atoms with Crippen molar-refractivity contribution in [2.75, 3.05) is 6.54 Å². The average molecular weight is 421 g/mol. The lowest BCUT2D eigenvalue weighted by Crippen LogP contribution is -2.62. The van der Waals surface area contributed by atoms with Gasteiger partial charge in [0.1, 0.15) is 6.20 Å². The van der Waals surface area contributed by atoms with Crippen LogP contribution in [0.5, 0.6) is 0 Å². The van der Waals surface area contributed by atoms with E-state index < -0.39 is 0 Å². The molecule has 30 heavy (non-hydrogen) atoms. The Labute approximate surface area is 187 Å². The number of carbonyl (C=O) groups is 1. The normalized spacial score (nSPS) is 21.8. The van der Waals surface area contributed by atoms with E-state index >= 15 is 0 Å². The van der Waals surface area contributed by atoms with Gasteiger partial charge in [0.25, 0.3) is 0 Å². The van der Waals surface area contributed by atoms with Gasteiger partial charge in [-0.15, -0.1) is 0 Å². The van der Waals surface area contributed by atoms with Gasteiger partial charge in [-0.05, 0) is 32.6 Å². The molecule has 1 heterocycles. The van der Waals surface area contributed by atoms with Gasteiger partial charge in [-0.25, -0.2) is 0 Å². The Hall–Kier alpha value is -1.29. The first-order chi connectivity index (χ1) is 14.6. The van der Waals surface area contributed by atoms with Crippen LogP contribution in [0.15, 0.2) is 24.6 Å². The zero-order chi connectivity index (χ0) is 22.1. The summed E-state index contributed by atoms with van der Waals surface area (Å²) in [6.07, 6.45) is 28.1. The van der Waals surface area contributed by atoms with Crippen LogP contribution >= 0.6 is 0 Å². The summed E-state index contributed by atoms with van der Waals surface area (Å²) >= 11 is 0. The smallest absolute Gasteiger partial charge is 0.221 e. The number of allylic oxidation sites excluding steroid dienone is 2. The van der Waals surface area contributed by atoms with E-state index in [9.17, 15) is 4.79 Å². The lowest BCUT2D eigenvalue weighted by molar-refractivity contribution is -0.923. The zero-order valence-corrected chi connectivity index (χ0v) is 20.4. The second-order valence-electron chi connectivity index (χ2n) is 9.06. The van der Waals surface area contributed by atoms with Crippen molar-refractivity contribution in [3.05, 3.63) is 24.6 Å². The average Bonchev–Trinajstić information content (AvgIpc) is 3.14. The maximum Gasteiger partial charge on any atom is 0.221 e. The van der Waals surface area contributed by atoms with E-state index in [1.165, 1.54) is 83.5 Å². The molecule has 1 amide bonds. The predicted octanol–water partition coefficient (Wildman–Crippen LogP) is 6.74. The molecule has 0 spiro atoms. The summed E-state index contributed by atoms with van der Waals surface area (Å²) in [7, 11) is 0. The second-order valence-corrected chi connectivity index (χ2v) is 9.06. The van der Waals surface area contributed by atoms with E-state index in [1.54, 1.807) is 6.92 Å². The van der Waals surface area contributed by atoms with Crippen molar-refractivity contribution in [2.24, 2.45) is 0 Å². The van der Waals surface area contributed by atoms with E-state index in [1.807, 2.05) is 0 Å². The Bertz CT molecular complexity index is 503. The third kappa shape index (κ3) is 10.1. The first kappa shape index (κ1) is 26.7. The molecule has 4 heteroatoms. The van der Waals surface area contributed by atoms with E-state index in [0.29, 0.717) is 6.17 Å². The Morgan fingerprint density at radius 1 is 0.967 bits per heavy atom. The number of amides is 1. The van der Waals surface area contributed by atoms with Crippen molar-refractivity contribution in [3.63, 3.8) is 0 Å². The number of nitrogens with one attached hydrogen (secondary N) is 2. The van der Waals surface area contributed by atoms with Gasteiger partial charge in [0.15, 0.2) is 12.3 Å². The quantitative estimate of drug-likeness (QED) is 0.146. The summed E-state index contributed by atoms with van der Waals surface area (Å²) in [6.45, 7) is 9.17. The molecule has 3 unspecified atom stereocenters. The van der Waals surface area contributed by atoms with Crippen molar-refractivity contribution < 1.29 is 9.28 Å². The van der Waals surface area contributed by atoms with Gasteiger partial charge in [-0.1, -0.05) is 76.9 Å². The highest BCUT2D eigenvalue weighted by Crippen LogP contribution is 2.26. The molecule has 3 atom stereocenters. The van der Waals surface area contributed by atoms with Crippen LogP contribution in [-0.4, -0.2) is 29.3 Å². The number of carbonyl (C=O) groups excluding carboxylic acids is 1. The minimum Gasteiger partial charge on any atom is -0.338 e. The lowest BCUT2D eigenvalue weighted by atomic mass is 10.0. The first-order valence-corrected chi connectivity index (χ1v) is 12.8. The molecule has 0 radical (unpaired) electrons. The maximum absolute atomic E-state index is 11.5. The molecular formula is C26H50N3O+. The summed E-state index contributed by atoms with van der Waals surface area (Å²) in [6, 6.07) is 0. The summed E-state index contributed by atoms with van der Waals surface area (Å²) in [5.74, 6) is 0.0521. The summed E-state index contributed by atoms with van der Waals surface area (Å²) in [4.78, 5) is 11.5. The minimum absolute atomic E-state index is 0.0521. The van der Waals surface area contributed by atoms with Crippen molar-refractivity contribution in [1.82, 2.24) is 10.6 Å². The molecule has 4 nitrogen and oxygen atoms in total. The zero-order valence-electron chi connectivity index (χ0n) is 20.4. The van der Waals surface area contributed by atoms with Crippen LogP contribution in [0, 0.1) is 0 Å². The van der Waals surface area contributed by atoms with Gasteiger partial charge in [0.2, 0.25) is 5.91 Å². The predicted molar refractivity (Wildman–Crippen MR) is 130 cm³/mol. The fraction of sp³-hybridized carbons (Fsp3) is 0.808. The number of quaternary nitrogens is 1. The molecule has 174 valence electrons. The molecule has 0 aromatic carbocycles.